The van der Waals surface area contributed by atoms with E-state index >= 15 is 0 Å². The molecule has 8 nitrogen and oxygen atoms in total. The Labute approximate surface area is 157 Å². The van der Waals surface area contributed by atoms with Crippen molar-refractivity contribution in [2.24, 2.45) is 17.8 Å². The summed E-state index contributed by atoms with van der Waals surface area (Å²) in [6.45, 7) is 3.71. The van der Waals surface area contributed by atoms with Crippen molar-refractivity contribution in [1.82, 2.24) is 4.90 Å². The first-order valence-electron chi connectivity index (χ1n) is 8.90. The number of fused-ring (bicyclic) bond motifs is 1. The second-order valence-corrected chi connectivity index (χ2v) is 7.76. The first-order chi connectivity index (χ1) is 12.7. The highest BCUT2D eigenvalue weighted by molar-refractivity contribution is 6.08. The minimum atomic E-state index is -1.57. The highest BCUT2D eigenvalue weighted by atomic mass is 16.5. The van der Waals surface area contributed by atoms with Crippen LogP contribution in [0.1, 0.15) is 31.9 Å². The number of nitrogens with two attached hydrogens (primary N) is 1. The third-order valence-electron chi connectivity index (χ3n) is 5.73. The number of quaternary nitrogens is 1. The first-order valence-corrected chi connectivity index (χ1v) is 8.90. The third kappa shape index (κ3) is 2.66. The molecule has 0 spiro atoms. The van der Waals surface area contributed by atoms with E-state index in [9.17, 15) is 24.6 Å². The number of carbonyl (C=O) groups is 3. The van der Waals surface area contributed by atoms with Gasteiger partial charge in [-0.05, 0) is 18.1 Å². The van der Waals surface area contributed by atoms with Gasteiger partial charge < -0.3 is 25.1 Å². The van der Waals surface area contributed by atoms with E-state index in [-0.39, 0.29) is 23.8 Å². The highest BCUT2D eigenvalue weighted by Crippen LogP contribution is 2.48. The van der Waals surface area contributed by atoms with E-state index < -0.39 is 41.2 Å². The fraction of sp³-hybridized carbons (Fsp3) is 0.526. The molecule has 4 atom stereocenters. The predicted octanol–water partition coefficient (Wildman–Crippen LogP) is -1.22. The van der Waals surface area contributed by atoms with Crippen LogP contribution >= 0.6 is 0 Å². The molecular weight excluding hydrogens is 352 g/mol. The number of para-hydroxylation sites is 1. The number of aromatic hydroxyl groups is 1. The minimum Gasteiger partial charge on any atom is -0.544 e. The van der Waals surface area contributed by atoms with Gasteiger partial charge in [0.1, 0.15) is 29.4 Å². The molecule has 2 heterocycles. The van der Waals surface area contributed by atoms with Gasteiger partial charge in [0.2, 0.25) is 11.8 Å². The number of phenolic OH excluding ortho intramolecular Hbond substituents is 1. The van der Waals surface area contributed by atoms with Crippen molar-refractivity contribution in [1.29, 1.82) is 0 Å². The van der Waals surface area contributed by atoms with Gasteiger partial charge in [-0.2, -0.15) is 0 Å². The number of aliphatic carboxylic acids is 1. The van der Waals surface area contributed by atoms with Gasteiger partial charge in [-0.1, -0.05) is 19.9 Å². The number of methoxy groups -OCH3 is 1. The maximum atomic E-state index is 12.8. The van der Waals surface area contributed by atoms with Gasteiger partial charge >= 0.3 is 0 Å². The van der Waals surface area contributed by atoms with Crippen LogP contribution in [0.2, 0.25) is 0 Å². The quantitative estimate of drug-likeness (QED) is 0.621. The van der Waals surface area contributed by atoms with Crippen LogP contribution < -0.4 is 15.2 Å². The van der Waals surface area contributed by atoms with Crippen LogP contribution in [0.3, 0.4) is 0 Å². The van der Waals surface area contributed by atoms with Gasteiger partial charge in [0.15, 0.2) is 11.5 Å². The summed E-state index contributed by atoms with van der Waals surface area (Å²) < 4.78 is 5.13. The number of phenols is 1. The Morgan fingerprint density at radius 1 is 1.37 bits per heavy atom. The Kier molecular flexibility index (Phi) is 4.63. The lowest BCUT2D eigenvalue weighted by atomic mass is 9.75. The van der Waals surface area contributed by atoms with E-state index in [1.165, 1.54) is 19.5 Å². The van der Waals surface area contributed by atoms with Crippen molar-refractivity contribution < 1.29 is 34.7 Å². The van der Waals surface area contributed by atoms with Crippen LogP contribution in [-0.4, -0.2) is 47.5 Å². The SMILES string of the molecule is COc1cccc([C@@H]2[NH2+][C@@](CC(C)C)(C(=O)[O-])[C@@H]3C(=O)N(C)C(=O)[C@@H]32)c1O. The average molecular weight is 376 g/mol. The van der Waals surface area contributed by atoms with Crippen molar-refractivity contribution in [2.75, 3.05) is 14.2 Å². The zero-order chi connectivity index (χ0) is 20.1. The number of nitrogens with zero attached hydrogens (tertiary/aromatic N) is 1. The zero-order valence-corrected chi connectivity index (χ0v) is 15.8. The largest absolute Gasteiger partial charge is 0.544 e. The van der Waals surface area contributed by atoms with Gasteiger partial charge in [-0.25, -0.2) is 0 Å². The lowest BCUT2D eigenvalue weighted by Crippen LogP contribution is -2.99. The Bertz CT molecular complexity index is 807. The maximum Gasteiger partial charge on any atom is 0.239 e. The number of benzene rings is 1. The summed E-state index contributed by atoms with van der Waals surface area (Å²) in [6.07, 6.45) is 0.171. The van der Waals surface area contributed by atoms with Gasteiger partial charge in [0.25, 0.3) is 0 Å². The van der Waals surface area contributed by atoms with Crippen LogP contribution in [0, 0.1) is 17.8 Å². The van der Waals surface area contributed by atoms with Crippen molar-refractivity contribution in [2.45, 2.75) is 31.8 Å². The average Bonchev–Trinajstić information content (AvgIpc) is 3.05. The van der Waals surface area contributed by atoms with Gasteiger partial charge in [-0.3, -0.25) is 14.5 Å². The minimum absolute atomic E-state index is 0.0359. The molecule has 3 rings (SSSR count). The van der Waals surface area contributed by atoms with E-state index in [4.69, 9.17) is 4.74 Å². The number of imide groups is 1. The molecule has 0 aliphatic carbocycles. The standard InChI is InChI=1S/C19H24N2O6/c1-9(2)8-19(18(25)26)13-12(16(23)21(3)17(13)24)14(20-19)10-6-5-7-11(27-4)15(10)22/h5-7,9,12-14,20,22H,8H2,1-4H3,(H,25,26)/t12-,13-,14-,19+/m0/s1. The van der Waals surface area contributed by atoms with Crippen LogP contribution in [-0.2, 0) is 14.4 Å². The Morgan fingerprint density at radius 2 is 2.04 bits per heavy atom. The smallest absolute Gasteiger partial charge is 0.239 e. The predicted molar refractivity (Wildman–Crippen MR) is 91.3 cm³/mol. The molecule has 1 aromatic rings. The summed E-state index contributed by atoms with van der Waals surface area (Å²) in [5.74, 6) is -4.24. The summed E-state index contributed by atoms with van der Waals surface area (Å²) in [5.41, 5.74) is -1.20. The fourth-order valence-corrected chi connectivity index (χ4v) is 4.67. The fourth-order valence-electron chi connectivity index (χ4n) is 4.67. The molecule has 146 valence electrons. The Morgan fingerprint density at radius 3 is 2.59 bits per heavy atom. The second kappa shape index (κ2) is 6.53. The van der Waals surface area contributed by atoms with E-state index in [0.29, 0.717) is 5.56 Å². The van der Waals surface area contributed by atoms with E-state index in [2.05, 4.69) is 0 Å². The second-order valence-electron chi connectivity index (χ2n) is 7.76. The molecule has 0 aromatic heterocycles. The number of rotatable bonds is 5. The number of amides is 2. The van der Waals surface area contributed by atoms with Gasteiger partial charge in [-0.15, -0.1) is 0 Å². The van der Waals surface area contributed by atoms with Crippen LogP contribution in [0.5, 0.6) is 11.5 Å². The van der Waals surface area contributed by atoms with Crippen LogP contribution in [0.15, 0.2) is 18.2 Å². The van der Waals surface area contributed by atoms with Crippen molar-refractivity contribution in [3.8, 4) is 11.5 Å². The van der Waals surface area contributed by atoms with Gasteiger partial charge in [0, 0.05) is 13.5 Å². The molecule has 27 heavy (non-hydrogen) atoms. The molecule has 0 saturated carbocycles. The number of ether oxygens (including phenoxy) is 1. The number of carboxylic acid groups (broad SMARTS) is 1. The molecule has 0 bridgehead atoms. The van der Waals surface area contributed by atoms with Gasteiger partial charge in [0.05, 0.1) is 12.7 Å². The molecule has 0 radical (unpaired) electrons. The Hall–Kier alpha value is -2.61. The van der Waals surface area contributed by atoms with E-state index in [1.807, 2.05) is 13.8 Å². The molecule has 0 unspecified atom stereocenters. The highest BCUT2D eigenvalue weighted by Gasteiger charge is 2.69. The zero-order valence-electron chi connectivity index (χ0n) is 15.8. The summed E-state index contributed by atoms with van der Waals surface area (Å²) in [6, 6.07) is 4.11. The first kappa shape index (κ1) is 19.2. The lowest BCUT2D eigenvalue weighted by Gasteiger charge is -2.33. The maximum absolute atomic E-state index is 12.8. The molecule has 3 N–H and O–H groups in total. The lowest BCUT2D eigenvalue weighted by molar-refractivity contribution is -0.740. The molecular formula is C19H24N2O6. The van der Waals surface area contributed by atoms with Crippen LogP contribution in [0.25, 0.3) is 0 Å². The number of carbonyl (C=O) groups excluding carboxylic acids is 3. The molecule has 2 aliphatic heterocycles. The molecule has 2 fully saturated rings. The monoisotopic (exact) mass is 376 g/mol. The van der Waals surface area contributed by atoms with Crippen LogP contribution in [0.4, 0.5) is 0 Å². The number of likely N-dealkylation sites (tertiary alicyclic amines) is 1. The summed E-state index contributed by atoms with van der Waals surface area (Å²) >= 11 is 0. The molecule has 2 saturated heterocycles. The number of carboxylic acids is 1. The van der Waals surface area contributed by atoms with Crippen molar-refractivity contribution in [3.63, 3.8) is 0 Å². The Balaban J connectivity index is 2.18. The number of hydrogen-bond acceptors (Lipinski definition) is 6. The molecule has 2 amide bonds. The third-order valence-corrected chi connectivity index (χ3v) is 5.73. The number of hydrogen-bond donors (Lipinski definition) is 2. The summed E-state index contributed by atoms with van der Waals surface area (Å²) in [5, 5.41) is 24.3. The summed E-state index contributed by atoms with van der Waals surface area (Å²) in [7, 11) is 2.77. The summed E-state index contributed by atoms with van der Waals surface area (Å²) in [4.78, 5) is 38.8. The topological polar surface area (TPSA) is 124 Å². The molecule has 2 aliphatic rings. The van der Waals surface area contributed by atoms with E-state index in [0.717, 1.165) is 4.90 Å². The normalized spacial score (nSPS) is 30.1. The molecule has 8 heteroatoms. The molecule has 1 aromatic carbocycles. The van der Waals surface area contributed by atoms with Crippen molar-refractivity contribution >= 4 is 17.8 Å². The van der Waals surface area contributed by atoms with Crippen molar-refractivity contribution in [3.05, 3.63) is 23.8 Å². The van der Waals surface area contributed by atoms with E-state index in [1.54, 1.807) is 18.2 Å².